The highest BCUT2D eigenvalue weighted by molar-refractivity contribution is 5.90. The molecule has 3 N–H and O–H groups in total. The molecular formula is C19H29N3O2. The SMILES string of the molecule is NCCCN(CC1CCCC1)C(=O)Nc1cccc2c1COCC2. The average molecular weight is 331 g/mol. The number of benzene rings is 1. The second-order valence-corrected chi connectivity index (χ2v) is 6.91. The van der Waals surface area contributed by atoms with Crippen molar-refractivity contribution in [1.82, 2.24) is 4.90 Å². The normalized spacial score (nSPS) is 17.5. The Morgan fingerprint density at radius 2 is 2.17 bits per heavy atom. The van der Waals surface area contributed by atoms with Crippen molar-refractivity contribution in [3.8, 4) is 0 Å². The molecule has 2 aliphatic rings. The third-order valence-electron chi connectivity index (χ3n) is 5.15. The van der Waals surface area contributed by atoms with Crippen LogP contribution in [0.3, 0.4) is 0 Å². The van der Waals surface area contributed by atoms with Gasteiger partial charge >= 0.3 is 6.03 Å². The van der Waals surface area contributed by atoms with Crippen molar-refractivity contribution in [3.63, 3.8) is 0 Å². The van der Waals surface area contributed by atoms with Crippen molar-refractivity contribution in [2.45, 2.75) is 45.1 Å². The molecule has 0 atom stereocenters. The molecule has 1 fully saturated rings. The van der Waals surface area contributed by atoms with Crippen molar-refractivity contribution in [1.29, 1.82) is 0 Å². The molecule has 1 aromatic rings. The van der Waals surface area contributed by atoms with Gasteiger partial charge in [-0.25, -0.2) is 4.79 Å². The maximum absolute atomic E-state index is 12.8. The minimum absolute atomic E-state index is 0.00526. The van der Waals surface area contributed by atoms with Gasteiger partial charge in [0.2, 0.25) is 0 Å². The van der Waals surface area contributed by atoms with E-state index in [4.69, 9.17) is 10.5 Å². The molecule has 1 aliphatic carbocycles. The van der Waals surface area contributed by atoms with Gasteiger partial charge in [0.25, 0.3) is 0 Å². The van der Waals surface area contributed by atoms with Crippen molar-refractivity contribution in [2.75, 3.05) is 31.6 Å². The Labute approximate surface area is 144 Å². The Balaban J connectivity index is 1.68. The molecule has 5 heteroatoms. The van der Waals surface area contributed by atoms with Gasteiger partial charge in [0.05, 0.1) is 13.2 Å². The Morgan fingerprint density at radius 1 is 1.33 bits per heavy atom. The van der Waals surface area contributed by atoms with E-state index in [1.165, 1.54) is 31.2 Å². The van der Waals surface area contributed by atoms with E-state index in [1.807, 2.05) is 17.0 Å². The zero-order chi connectivity index (χ0) is 16.8. The molecule has 0 saturated heterocycles. The van der Waals surface area contributed by atoms with Gasteiger partial charge < -0.3 is 20.7 Å². The molecule has 3 rings (SSSR count). The van der Waals surface area contributed by atoms with Crippen molar-refractivity contribution < 1.29 is 9.53 Å². The number of fused-ring (bicyclic) bond motifs is 1. The maximum Gasteiger partial charge on any atom is 0.321 e. The predicted molar refractivity (Wildman–Crippen MR) is 96.0 cm³/mol. The number of nitrogens with one attached hydrogen (secondary N) is 1. The molecule has 0 radical (unpaired) electrons. The first-order valence-electron chi connectivity index (χ1n) is 9.22. The predicted octanol–water partition coefficient (Wildman–Crippen LogP) is 3.13. The molecule has 1 heterocycles. The third-order valence-corrected chi connectivity index (χ3v) is 5.15. The lowest BCUT2D eigenvalue weighted by molar-refractivity contribution is 0.111. The van der Waals surface area contributed by atoms with Gasteiger partial charge in [-0.2, -0.15) is 0 Å². The first-order chi connectivity index (χ1) is 11.8. The van der Waals surface area contributed by atoms with Crippen LogP contribution >= 0.6 is 0 Å². The van der Waals surface area contributed by atoms with Crippen LogP contribution in [0.5, 0.6) is 0 Å². The molecule has 0 bridgehead atoms. The van der Waals surface area contributed by atoms with Crippen molar-refractivity contribution in [2.24, 2.45) is 11.7 Å². The molecule has 2 amide bonds. The van der Waals surface area contributed by atoms with Crippen LogP contribution in [-0.2, 0) is 17.8 Å². The molecular weight excluding hydrogens is 302 g/mol. The highest BCUT2D eigenvalue weighted by Crippen LogP contribution is 2.27. The number of ether oxygens (including phenoxy) is 1. The van der Waals surface area contributed by atoms with Gasteiger partial charge in [0, 0.05) is 24.3 Å². The van der Waals surface area contributed by atoms with Gasteiger partial charge in [-0.05, 0) is 49.8 Å². The molecule has 132 valence electrons. The van der Waals surface area contributed by atoms with Gasteiger partial charge in [-0.1, -0.05) is 25.0 Å². The largest absolute Gasteiger partial charge is 0.376 e. The second kappa shape index (κ2) is 8.49. The smallest absolute Gasteiger partial charge is 0.321 e. The van der Waals surface area contributed by atoms with E-state index < -0.39 is 0 Å². The molecule has 0 aromatic heterocycles. The summed E-state index contributed by atoms with van der Waals surface area (Å²) in [5.74, 6) is 0.640. The summed E-state index contributed by atoms with van der Waals surface area (Å²) in [5, 5.41) is 3.12. The molecule has 24 heavy (non-hydrogen) atoms. The zero-order valence-corrected chi connectivity index (χ0v) is 14.4. The number of anilines is 1. The fourth-order valence-corrected chi connectivity index (χ4v) is 3.77. The van der Waals surface area contributed by atoms with E-state index in [-0.39, 0.29) is 6.03 Å². The number of amides is 2. The Bertz CT molecular complexity index is 556. The zero-order valence-electron chi connectivity index (χ0n) is 14.4. The van der Waals surface area contributed by atoms with E-state index in [0.717, 1.165) is 43.8 Å². The maximum atomic E-state index is 12.8. The molecule has 5 nitrogen and oxygen atoms in total. The lowest BCUT2D eigenvalue weighted by Crippen LogP contribution is -2.39. The minimum Gasteiger partial charge on any atom is -0.376 e. The number of rotatable bonds is 6. The van der Waals surface area contributed by atoms with E-state index >= 15 is 0 Å². The lowest BCUT2D eigenvalue weighted by Gasteiger charge is -2.27. The van der Waals surface area contributed by atoms with Crippen LogP contribution in [0.15, 0.2) is 18.2 Å². The summed E-state index contributed by atoms with van der Waals surface area (Å²) >= 11 is 0. The van der Waals surface area contributed by atoms with Crippen molar-refractivity contribution in [3.05, 3.63) is 29.3 Å². The van der Waals surface area contributed by atoms with Crippen LogP contribution in [-0.4, -0.2) is 37.2 Å². The fourth-order valence-electron chi connectivity index (χ4n) is 3.77. The number of nitrogens with zero attached hydrogens (tertiary/aromatic N) is 1. The van der Waals surface area contributed by atoms with E-state index in [0.29, 0.717) is 19.1 Å². The molecule has 0 spiro atoms. The summed E-state index contributed by atoms with van der Waals surface area (Å²) in [4.78, 5) is 14.8. The van der Waals surface area contributed by atoms with Crippen LogP contribution in [0.4, 0.5) is 10.5 Å². The number of carbonyl (C=O) groups is 1. The summed E-state index contributed by atoms with van der Waals surface area (Å²) in [5.41, 5.74) is 8.95. The van der Waals surface area contributed by atoms with Crippen LogP contribution in [0.2, 0.25) is 0 Å². The quantitative estimate of drug-likeness (QED) is 0.841. The average Bonchev–Trinajstić information content (AvgIpc) is 3.12. The Kier molecular flexibility index (Phi) is 6.10. The van der Waals surface area contributed by atoms with Gasteiger partial charge in [0.15, 0.2) is 0 Å². The first-order valence-corrected chi connectivity index (χ1v) is 9.22. The van der Waals surface area contributed by atoms with Gasteiger partial charge in [-0.3, -0.25) is 0 Å². The second-order valence-electron chi connectivity index (χ2n) is 6.91. The number of hydrogen-bond donors (Lipinski definition) is 2. The number of carbonyl (C=O) groups excluding carboxylic acids is 1. The highest BCUT2D eigenvalue weighted by atomic mass is 16.5. The molecule has 0 unspecified atom stereocenters. The minimum atomic E-state index is -0.00526. The topological polar surface area (TPSA) is 67.6 Å². The summed E-state index contributed by atoms with van der Waals surface area (Å²) in [7, 11) is 0. The fraction of sp³-hybridized carbons (Fsp3) is 0.632. The van der Waals surface area contributed by atoms with Crippen LogP contribution in [0.25, 0.3) is 0 Å². The molecule has 1 aromatic carbocycles. The highest BCUT2D eigenvalue weighted by Gasteiger charge is 2.23. The Morgan fingerprint density at radius 3 is 2.96 bits per heavy atom. The van der Waals surface area contributed by atoms with E-state index in [1.54, 1.807) is 0 Å². The summed E-state index contributed by atoms with van der Waals surface area (Å²) in [6.45, 7) is 3.52. The van der Waals surface area contributed by atoms with E-state index in [9.17, 15) is 4.79 Å². The number of nitrogens with two attached hydrogens (primary N) is 1. The van der Waals surface area contributed by atoms with Crippen LogP contribution in [0.1, 0.15) is 43.2 Å². The molecule has 1 aliphatic heterocycles. The van der Waals surface area contributed by atoms with Gasteiger partial charge in [-0.15, -0.1) is 0 Å². The van der Waals surface area contributed by atoms with Gasteiger partial charge in [0.1, 0.15) is 0 Å². The number of hydrogen-bond acceptors (Lipinski definition) is 3. The van der Waals surface area contributed by atoms with Crippen LogP contribution < -0.4 is 11.1 Å². The standard InChI is InChI=1S/C19H29N3O2/c20-10-4-11-22(13-15-5-1-2-6-15)19(23)21-18-8-3-7-16-9-12-24-14-17(16)18/h3,7-8,15H,1-2,4-6,9-14,20H2,(H,21,23). The van der Waals surface area contributed by atoms with Crippen molar-refractivity contribution >= 4 is 11.7 Å². The first kappa shape index (κ1) is 17.2. The summed E-state index contributed by atoms with van der Waals surface area (Å²) in [6.07, 6.45) is 6.82. The summed E-state index contributed by atoms with van der Waals surface area (Å²) < 4.78 is 5.57. The monoisotopic (exact) mass is 331 g/mol. The van der Waals surface area contributed by atoms with E-state index in [2.05, 4.69) is 11.4 Å². The lowest BCUT2D eigenvalue weighted by atomic mass is 10.0. The van der Waals surface area contributed by atoms with Crippen LogP contribution in [0, 0.1) is 5.92 Å². The summed E-state index contributed by atoms with van der Waals surface area (Å²) in [6, 6.07) is 6.11. The Hall–Kier alpha value is -1.59. The molecule has 1 saturated carbocycles. The number of urea groups is 1. The third kappa shape index (κ3) is 4.28.